The summed E-state index contributed by atoms with van der Waals surface area (Å²) < 4.78 is 92.2. The molecule has 2 aromatic rings. The highest BCUT2D eigenvalue weighted by Gasteiger charge is 2.42. The van der Waals surface area contributed by atoms with E-state index < -0.39 is 53.1 Å². The van der Waals surface area contributed by atoms with Gasteiger partial charge in [-0.25, -0.2) is 22.4 Å². The van der Waals surface area contributed by atoms with E-state index in [1.54, 1.807) is 0 Å². The van der Waals surface area contributed by atoms with Crippen molar-refractivity contribution >= 4 is 11.7 Å². The summed E-state index contributed by atoms with van der Waals surface area (Å²) in [4.78, 5) is 11.0. The van der Waals surface area contributed by atoms with Crippen LogP contribution >= 0.6 is 0 Å². The second kappa shape index (κ2) is 6.85. The Bertz CT molecular complexity index is 849. The smallest absolute Gasteiger partial charge is 0.422 e. The first-order chi connectivity index (χ1) is 11.9. The summed E-state index contributed by atoms with van der Waals surface area (Å²) in [7, 11) is 0. The number of anilines is 1. The molecule has 0 atom stereocenters. The molecule has 0 aliphatic rings. The average molecular weight is 381 g/mol. The van der Waals surface area contributed by atoms with Crippen molar-refractivity contribution in [1.82, 2.24) is 0 Å². The Balaban J connectivity index is 2.40. The molecule has 0 radical (unpaired) electrons. The number of aryl methyl sites for hydroxylation is 1. The van der Waals surface area contributed by atoms with E-state index in [2.05, 4.69) is 5.32 Å². The minimum absolute atomic E-state index is 0.0347. The van der Waals surface area contributed by atoms with E-state index in [0.29, 0.717) is 5.56 Å². The molecule has 2 N–H and O–H groups in total. The number of alkyl halides is 3. The fourth-order valence-corrected chi connectivity index (χ4v) is 2.23. The molecular weight excluding hydrogens is 371 g/mol. The van der Waals surface area contributed by atoms with Crippen LogP contribution in [0.5, 0.6) is 0 Å². The fourth-order valence-electron chi connectivity index (χ4n) is 2.23. The molecule has 0 fully saturated rings. The van der Waals surface area contributed by atoms with Crippen LogP contribution in [0.25, 0.3) is 0 Å². The Labute approximate surface area is 142 Å². The van der Waals surface area contributed by atoms with Crippen molar-refractivity contribution < 1.29 is 40.6 Å². The van der Waals surface area contributed by atoms with Gasteiger partial charge < -0.3 is 10.4 Å². The summed E-state index contributed by atoms with van der Waals surface area (Å²) >= 11 is 0. The van der Waals surface area contributed by atoms with Crippen molar-refractivity contribution in [3.05, 3.63) is 63.7 Å². The molecule has 0 aliphatic carbocycles. The summed E-state index contributed by atoms with van der Waals surface area (Å²) in [5, 5.41) is 11.3. The lowest BCUT2D eigenvalue weighted by atomic mass is 10.1. The monoisotopic (exact) mass is 381 g/mol. The van der Waals surface area contributed by atoms with Crippen LogP contribution in [0.2, 0.25) is 0 Å². The van der Waals surface area contributed by atoms with E-state index in [1.807, 2.05) is 0 Å². The van der Waals surface area contributed by atoms with Crippen molar-refractivity contribution in [1.29, 1.82) is 0 Å². The second-order valence-corrected chi connectivity index (χ2v) is 5.30. The number of hydrogen-bond acceptors (Lipinski definition) is 2. The van der Waals surface area contributed by atoms with Gasteiger partial charge in [-0.2, -0.15) is 13.2 Å². The molecule has 0 unspecified atom stereocenters. The molecule has 26 heavy (non-hydrogen) atoms. The number of halogens is 7. The third-order valence-corrected chi connectivity index (χ3v) is 3.58. The molecule has 0 bridgehead atoms. The van der Waals surface area contributed by atoms with Gasteiger partial charge in [-0.3, -0.25) is 0 Å². The molecule has 0 saturated heterocycles. The summed E-state index contributed by atoms with van der Waals surface area (Å²) in [6, 6.07) is 3.80. The van der Waals surface area contributed by atoms with Gasteiger partial charge in [0.25, 0.3) is 0 Å². The number of nitrogens with one attached hydrogen (secondary N) is 1. The number of benzene rings is 2. The van der Waals surface area contributed by atoms with E-state index in [0.717, 1.165) is 6.07 Å². The van der Waals surface area contributed by atoms with Crippen LogP contribution in [-0.4, -0.2) is 11.1 Å². The predicted octanol–water partition coefficient (Wildman–Crippen LogP) is 4.88. The Kier molecular flexibility index (Phi) is 5.15. The van der Waals surface area contributed by atoms with Gasteiger partial charge in [-0.1, -0.05) is 6.07 Å². The van der Waals surface area contributed by atoms with Gasteiger partial charge in [0.1, 0.15) is 5.56 Å². The maximum Gasteiger partial charge on any atom is 0.422 e. The molecule has 0 heterocycles. The van der Waals surface area contributed by atoms with E-state index >= 15 is 0 Å². The molecule has 0 aromatic heterocycles. The van der Waals surface area contributed by atoms with Crippen LogP contribution in [0, 0.1) is 30.2 Å². The second-order valence-electron chi connectivity index (χ2n) is 5.30. The van der Waals surface area contributed by atoms with Gasteiger partial charge in [0.15, 0.2) is 23.3 Å². The number of carboxylic acids is 1. The van der Waals surface area contributed by atoms with E-state index in [4.69, 9.17) is 5.11 Å². The predicted molar refractivity (Wildman–Crippen MR) is 76.7 cm³/mol. The first kappa shape index (κ1) is 19.5. The standard InChI is InChI=1S/C16H10F7NO2/c1-6-2-3-7(4-8(6)15(25)26)24-5-9-11(17)13(19)10(16(21,22)23)14(20)12(9)18/h2-4,24H,5H2,1H3,(H,25,26). The third-order valence-electron chi connectivity index (χ3n) is 3.58. The van der Waals surface area contributed by atoms with Crippen LogP contribution in [0.3, 0.4) is 0 Å². The summed E-state index contributed by atoms with van der Waals surface area (Å²) in [5.41, 5.74) is -3.66. The molecule has 0 aliphatic heterocycles. The maximum absolute atomic E-state index is 13.8. The van der Waals surface area contributed by atoms with E-state index in [9.17, 15) is 35.5 Å². The zero-order chi connectivity index (χ0) is 19.8. The molecule has 0 amide bonds. The summed E-state index contributed by atoms with van der Waals surface area (Å²) in [6.07, 6.45) is -5.62. The third kappa shape index (κ3) is 3.58. The van der Waals surface area contributed by atoms with Gasteiger partial charge in [0, 0.05) is 17.8 Å². The number of rotatable bonds is 4. The number of hydrogen-bond donors (Lipinski definition) is 2. The maximum atomic E-state index is 13.8. The van der Waals surface area contributed by atoms with Gasteiger partial charge >= 0.3 is 12.1 Å². The van der Waals surface area contributed by atoms with Crippen LogP contribution in [0.1, 0.15) is 27.0 Å². The number of aromatic carboxylic acids is 1. The topological polar surface area (TPSA) is 49.3 Å². The Morgan fingerprint density at radius 1 is 1.04 bits per heavy atom. The number of carbonyl (C=O) groups is 1. The highest BCUT2D eigenvalue weighted by molar-refractivity contribution is 5.90. The Morgan fingerprint density at radius 3 is 2.04 bits per heavy atom. The molecule has 0 spiro atoms. The van der Waals surface area contributed by atoms with Crippen molar-refractivity contribution in [2.45, 2.75) is 19.6 Å². The van der Waals surface area contributed by atoms with E-state index in [-0.39, 0.29) is 11.3 Å². The Hall–Kier alpha value is -2.78. The zero-order valence-electron chi connectivity index (χ0n) is 12.9. The average Bonchev–Trinajstić information content (AvgIpc) is 2.53. The van der Waals surface area contributed by atoms with Crippen LogP contribution < -0.4 is 5.32 Å². The molecule has 10 heteroatoms. The van der Waals surface area contributed by atoms with Gasteiger partial charge in [-0.05, 0) is 24.6 Å². The summed E-state index contributed by atoms with van der Waals surface area (Å²) in [5.74, 6) is -10.8. The van der Waals surface area contributed by atoms with Crippen molar-refractivity contribution in [2.75, 3.05) is 5.32 Å². The lowest BCUT2D eigenvalue weighted by molar-refractivity contribution is -0.143. The van der Waals surface area contributed by atoms with Crippen LogP contribution in [-0.2, 0) is 12.7 Å². The lowest BCUT2D eigenvalue weighted by Crippen LogP contribution is -2.18. The van der Waals surface area contributed by atoms with Crippen LogP contribution in [0.4, 0.5) is 36.4 Å². The van der Waals surface area contributed by atoms with E-state index in [1.165, 1.54) is 19.1 Å². The highest BCUT2D eigenvalue weighted by atomic mass is 19.4. The van der Waals surface area contributed by atoms with Crippen LogP contribution in [0.15, 0.2) is 18.2 Å². The fraction of sp³-hybridized carbons (Fsp3) is 0.188. The minimum Gasteiger partial charge on any atom is -0.478 e. The number of carboxylic acid groups (broad SMARTS) is 1. The van der Waals surface area contributed by atoms with Gasteiger partial charge in [0.2, 0.25) is 0 Å². The van der Waals surface area contributed by atoms with Crippen molar-refractivity contribution in [2.24, 2.45) is 0 Å². The molecule has 3 nitrogen and oxygen atoms in total. The molecule has 140 valence electrons. The molecule has 2 aromatic carbocycles. The van der Waals surface area contributed by atoms with Crippen molar-refractivity contribution in [3.63, 3.8) is 0 Å². The minimum atomic E-state index is -5.62. The SMILES string of the molecule is Cc1ccc(NCc2c(F)c(F)c(C(F)(F)F)c(F)c2F)cc1C(=O)O. The van der Waals surface area contributed by atoms with Crippen molar-refractivity contribution in [3.8, 4) is 0 Å². The Morgan fingerprint density at radius 2 is 1.58 bits per heavy atom. The largest absolute Gasteiger partial charge is 0.478 e. The van der Waals surface area contributed by atoms with Gasteiger partial charge in [0.05, 0.1) is 5.56 Å². The van der Waals surface area contributed by atoms with Gasteiger partial charge in [-0.15, -0.1) is 0 Å². The normalized spacial score (nSPS) is 11.5. The molecular formula is C16H10F7NO2. The first-order valence-electron chi connectivity index (χ1n) is 6.95. The first-order valence-corrected chi connectivity index (χ1v) is 6.95. The molecule has 0 saturated carbocycles. The lowest BCUT2D eigenvalue weighted by Gasteiger charge is -2.15. The summed E-state index contributed by atoms with van der Waals surface area (Å²) in [6.45, 7) is 0.582. The highest BCUT2D eigenvalue weighted by Crippen LogP contribution is 2.37. The quantitative estimate of drug-likeness (QED) is 0.586. The zero-order valence-corrected chi connectivity index (χ0v) is 12.9. The molecule has 2 rings (SSSR count).